The highest BCUT2D eigenvalue weighted by Crippen LogP contribution is 2.39. The van der Waals surface area contributed by atoms with E-state index in [1.165, 1.54) is 0 Å². The van der Waals surface area contributed by atoms with E-state index in [1.54, 1.807) is 13.2 Å². The largest absolute Gasteiger partial charge is 0.506 e. The molecule has 1 aromatic heterocycles. The van der Waals surface area contributed by atoms with Crippen molar-refractivity contribution in [3.63, 3.8) is 0 Å². The lowest BCUT2D eigenvalue weighted by molar-refractivity contribution is 0.413. The highest BCUT2D eigenvalue weighted by molar-refractivity contribution is 9.10. The number of phenols is 1. The lowest BCUT2D eigenvalue weighted by Crippen LogP contribution is -1.83. The maximum Gasteiger partial charge on any atom is 0.139 e. The second kappa shape index (κ2) is 3.67. The molecule has 3 nitrogen and oxygen atoms in total. The monoisotopic (exact) mass is 291 g/mol. The van der Waals surface area contributed by atoms with Crippen LogP contribution in [-0.2, 0) is 0 Å². The maximum absolute atomic E-state index is 9.81. The molecule has 0 saturated heterocycles. The Balaban J connectivity index is 2.54. The molecule has 2 N–H and O–H groups in total. The first kappa shape index (κ1) is 10.5. The smallest absolute Gasteiger partial charge is 0.139 e. The molecular formula is C13H10BrNO2. The standard InChI is InChI=1S/C13H10BrNO2/c1-17-10-6-5-8-11(12(10)14)7-3-2-4-9(16)13(7)15-8/h2-6,15-16H,1H3. The summed E-state index contributed by atoms with van der Waals surface area (Å²) in [6.07, 6.45) is 0. The zero-order chi connectivity index (χ0) is 12.0. The number of nitrogens with one attached hydrogen (secondary N) is 1. The van der Waals surface area contributed by atoms with Gasteiger partial charge in [-0.15, -0.1) is 0 Å². The maximum atomic E-state index is 9.81. The van der Waals surface area contributed by atoms with E-state index in [-0.39, 0.29) is 5.75 Å². The number of fused-ring (bicyclic) bond motifs is 3. The molecule has 0 spiro atoms. The molecule has 0 aliphatic rings. The Labute approximate surface area is 106 Å². The summed E-state index contributed by atoms with van der Waals surface area (Å²) < 4.78 is 6.18. The van der Waals surface area contributed by atoms with Crippen LogP contribution < -0.4 is 4.74 Å². The second-order valence-corrected chi connectivity index (χ2v) is 4.62. The molecule has 1 heterocycles. The Hall–Kier alpha value is -1.68. The average molecular weight is 292 g/mol. The van der Waals surface area contributed by atoms with Crippen LogP contribution in [0.5, 0.6) is 11.5 Å². The highest BCUT2D eigenvalue weighted by Gasteiger charge is 2.12. The zero-order valence-corrected chi connectivity index (χ0v) is 10.7. The molecule has 0 amide bonds. The van der Waals surface area contributed by atoms with Crippen molar-refractivity contribution < 1.29 is 9.84 Å². The Morgan fingerprint density at radius 1 is 1.24 bits per heavy atom. The molecular weight excluding hydrogens is 282 g/mol. The number of ether oxygens (including phenoxy) is 1. The number of aromatic amines is 1. The number of hydrogen-bond donors (Lipinski definition) is 2. The van der Waals surface area contributed by atoms with Crippen molar-refractivity contribution in [2.75, 3.05) is 7.11 Å². The number of aromatic hydroxyl groups is 1. The van der Waals surface area contributed by atoms with Gasteiger partial charge in [-0.2, -0.15) is 0 Å². The summed E-state index contributed by atoms with van der Waals surface area (Å²) in [5.41, 5.74) is 1.71. The van der Waals surface area contributed by atoms with Gasteiger partial charge in [0.15, 0.2) is 0 Å². The molecule has 0 fully saturated rings. The summed E-state index contributed by atoms with van der Waals surface area (Å²) in [6, 6.07) is 9.30. The van der Waals surface area contributed by atoms with Crippen molar-refractivity contribution in [2.45, 2.75) is 0 Å². The predicted molar refractivity (Wildman–Crippen MR) is 71.7 cm³/mol. The van der Waals surface area contributed by atoms with Crippen molar-refractivity contribution in [2.24, 2.45) is 0 Å². The number of hydrogen-bond acceptors (Lipinski definition) is 2. The summed E-state index contributed by atoms with van der Waals surface area (Å²) in [5.74, 6) is 1.03. The average Bonchev–Trinajstić information content (AvgIpc) is 2.70. The van der Waals surface area contributed by atoms with Crippen LogP contribution >= 0.6 is 15.9 Å². The predicted octanol–water partition coefficient (Wildman–Crippen LogP) is 3.80. The van der Waals surface area contributed by atoms with E-state index in [1.807, 2.05) is 24.3 Å². The first-order chi connectivity index (χ1) is 8.22. The number of phenolic OH excluding ortho intramolecular Hbond substituents is 1. The lowest BCUT2D eigenvalue weighted by Gasteiger charge is -2.03. The minimum atomic E-state index is 0.254. The van der Waals surface area contributed by atoms with Gasteiger partial charge in [0.2, 0.25) is 0 Å². The Kier molecular flexibility index (Phi) is 2.26. The van der Waals surface area contributed by atoms with Crippen LogP contribution in [-0.4, -0.2) is 17.2 Å². The zero-order valence-electron chi connectivity index (χ0n) is 9.12. The van der Waals surface area contributed by atoms with Gasteiger partial charge in [-0.25, -0.2) is 0 Å². The van der Waals surface area contributed by atoms with E-state index in [0.29, 0.717) is 0 Å². The first-order valence-electron chi connectivity index (χ1n) is 5.18. The second-order valence-electron chi connectivity index (χ2n) is 3.83. The van der Waals surface area contributed by atoms with Crippen LogP contribution in [0.1, 0.15) is 0 Å². The minimum Gasteiger partial charge on any atom is -0.506 e. The number of methoxy groups -OCH3 is 1. The van der Waals surface area contributed by atoms with Crippen LogP contribution in [0.4, 0.5) is 0 Å². The van der Waals surface area contributed by atoms with Crippen LogP contribution in [0, 0.1) is 0 Å². The van der Waals surface area contributed by atoms with Gasteiger partial charge in [0.25, 0.3) is 0 Å². The molecule has 3 rings (SSSR count). The number of H-pyrrole nitrogens is 1. The summed E-state index contributed by atoms with van der Waals surface area (Å²) in [5, 5.41) is 11.8. The topological polar surface area (TPSA) is 45.2 Å². The van der Waals surface area contributed by atoms with Gasteiger partial charge in [0, 0.05) is 16.3 Å². The fourth-order valence-electron chi connectivity index (χ4n) is 2.10. The van der Waals surface area contributed by atoms with Gasteiger partial charge in [0.1, 0.15) is 11.5 Å². The number of rotatable bonds is 1. The summed E-state index contributed by atoms with van der Waals surface area (Å²) in [6.45, 7) is 0. The number of aromatic nitrogens is 1. The fraction of sp³-hybridized carbons (Fsp3) is 0.0769. The quantitative estimate of drug-likeness (QED) is 0.716. The molecule has 2 aromatic carbocycles. The third kappa shape index (κ3) is 1.41. The van der Waals surface area contributed by atoms with E-state index in [2.05, 4.69) is 20.9 Å². The normalized spacial score (nSPS) is 11.2. The molecule has 0 bridgehead atoms. The Morgan fingerprint density at radius 2 is 2.06 bits per heavy atom. The molecule has 0 saturated carbocycles. The lowest BCUT2D eigenvalue weighted by atomic mass is 10.1. The molecule has 0 radical (unpaired) electrons. The van der Waals surface area contributed by atoms with Crippen molar-refractivity contribution in [1.29, 1.82) is 0 Å². The van der Waals surface area contributed by atoms with Crippen LogP contribution in [0.2, 0.25) is 0 Å². The highest BCUT2D eigenvalue weighted by atomic mass is 79.9. The Bertz CT molecular complexity index is 718. The van der Waals surface area contributed by atoms with Gasteiger partial charge >= 0.3 is 0 Å². The molecule has 0 aliphatic heterocycles. The number of benzene rings is 2. The summed E-state index contributed by atoms with van der Waals surface area (Å²) in [7, 11) is 1.64. The van der Waals surface area contributed by atoms with Crippen LogP contribution in [0.3, 0.4) is 0 Å². The Morgan fingerprint density at radius 3 is 2.82 bits per heavy atom. The summed E-state index contributed by atoms with van der Waals surface area (Å²) >= 11 is 3.54. The van der Waals surface area contributed by atoms with E-state index in [0.717, 1.165) is 32.0 Å². The van der Waals surface area contributed by atoms with Crippen LogP contribution in [0.25, 0.3) is 21.8 Å². The number of para-hydroxylation sites is 1. The van der Waals surface area contributed by atoms with Crippen molar-refractivity contribution in [1.82, 2.24) is 4.98 Å². The summed E-state index contributed by atoms with van der Waals surface area (Å²) in [4.78, 5) is 3.20. The van der Waals surface area contributed by atoms with E-state index >= 15 is 0 Å². The number of halogens is 1. The molecule has 86 valence electrons. The third-order valence-electron chi connectivity index (χ3n) is 2.90. The van der Waals surface area contributed by atoms with E-state index < -0.39 is 0 Å². The SMILES string of the molecule is COc1ccc2[nH]c3c(O)cccc3c2c1Br. The van der Waals surface area contributed by atoms with Gasteiger partial charge in [0.05, 0.1) is 17.1 Å². The molecule has 4 heteroatoms. The minimum absolute atomic E-state index is 0.254. The van der Waals surface area contributed by atoms with Gasteiger partial charge in [-0.1, -0.05) is 12.1 Å². The molecule has 17 heavy (non-hydrogen) atoms. The van der Waals surface area contributed by atoms with Crippen LogP contribution in [0.15, 0.2) is 34.8 Å². The van der Waals surface area contributed by atoms with E-state index in [4.69, 9.17) is 4.74 Å². The van der Waals surface area contributed by atoms with Crippen molar-refractivity contribution in [3.8, 4) is 11.5 Å². The fourth-order valence-corrected chi connectivity index (χ4v) is 2.82. The molecule has 3 aromatic rings. The van der Waals surface area contributed by atoms with Crippen molar-refractivity contribution >= 4 is 37.7 Å². The van der Waals surface area contributed by atoms with Gasteiger partial charge in [-0.3, -0.25) is 0 Å². The third-order valence-corrected chi connectivity index (χ3v) is 3.69. The molecule has 0 unspecified atom stereocenters. The molecule has 0 atom stereocenters. The molecule has 0 aliphatic carbocycles. The first-order valence-corrected chi connectivity index (χ1v) is 5.97. The van der Waals surface area contributed by atoms with E-state index in [9.17, 15) is 5.11 Å². The van der Waals surface area contributed by atoms with Gasteiger partial charge in [-0.05, 0) is 34.1 Å². The van der Waals surface area contributed by atoms with Gasteiger partial charge < -0.3 is 14.8 Å². The van der Waals surface area contributed by atoms with Crippen molar-refractivity contribution in [3.05, 3.63) is 34.8 Å².